The van der Waals surface area contributed by atoms with E-state index < -0.39 is 0 Å². The molecule has 0 radical (unpaired) electrons. The summed E-state index contributed by atoms with van der Waals surface area (Å²) in [6, 6.07) is 7.69. The highest BCUT2D eigenvalue weighted by Crippen LogP contribution is 2.27. The van der Waals surface area contributed by atoms with Crippen molar-refractivity contribution in [3.8, 4) is 11.5 Å². The van der Waals surface area contributed by atoms with Gasteiger partial charge in [-0.2, -0.15) is 0 Å². The minimum absolute atomic E-state index is 0.000712. The third kappa shape index (κ3) is 3.74. The third-order valence-corrected chi connectivity index (χ3v) is 2.36. The first kappa shape index (κ1) is 12.8. The summed E-state index contributed by atoms with van der Waals surface area (Å²) >= 11 is 0. The van der Waals surface area contributed by atoms with E-state index in [0.29, 0.717) is 6.61 Å². The minimum atomic E-state index is -0.0219. The zero-order valence-electron chi connectivity index (χ0n) is 10.3. The molecule has 1 aromatic rings. The molecule has 0 heterocycles. The summed E-state index contributed by atoms with van der Waals surface area (Å²) < 4.78 is 11.4. The van der Waals surface area contributed by atoms with E-state index in [9.17, 15) is 0 Å². The largest absolute Gasteiger partial charge is 0.490 e. The molecule has 0 saturated heterocycles. The number of rotatable bonds is 6. The quantitative estimate of drug-likeness (QED) is 0.806. The van der Waals surface area contributed by atoms with E-state index in [-0.39, 0.29) is 12.1 Å². The topological polar surface area (TPSA) is 44.5 Å². The normalized spacial score (nSPS) is 14.2. The molecule has 0 spiro atoms. The van der Waals surface area contributed by atoms with Gasteiger partial charge in [0.1, 0.15) is 6.10 Å². The summed E-state index contributed by atoms with van der Waals surface area (Å²) in [5.41, 5.74) is 5.77. The molecule has 1 aromatic carbocycles. The van der Waals surface area contributed by atoms with Gasteiger partial charge in [-0.05, 0) is 32.4 Å². The van der Waals surface area contributed by atoms with Gasteiger partial charge in [-0.3, -0.25) is 0 Å². The van der Waals surface area contributed by atoms with Gasteiger partial charge in [-0.1, -0.05) is 19.1 Å². The monoisotopic (exact) mass is 223 g/mol. The zero-order chi connectivity index (χ0) is 12.0. The number of nitrogens with two attached hydrogens (primary N) is 1. The summed E-state index contributed by atoms with van der Waals surface area (Å²) in [6.07, 6.45) is 0.961. The van der Waals surface area contributed by atoms with Crippen molar-refractivity contribution in [3.05, 3.63) is 24.3 Å². The van der Waals surface area contributed by atoms with Crippen molar-refractivity contribution in [2.24, 2.45) is 5.73 Å². The molecule has 16 heavy (non-hydrogen) atoms. The highest BCUT2D eigenvalue weighted by Gasteiger charge is 2.12. The van der Waals surface area contributed by atoms with E-state index in [1.54, 1.807) is 0 Å². The van der Waals surface area contributed by atoms with Crippen LogP contribution in [0.5, 0.6) is 11.5 Å². The van der Waals surface area contributed by atoms with E-state index >= 15 is 0 Å². The number of benzene rings is 1. The summed E-state index contributed by atoms with van der Waals surface area (Å²) in [5, 5.41) is 0. The molecule has 2 unspecified atom stereocenters. The van der Waals surface area contributed by atoms with Crippen molar-refractivity contribution in [3.63, 3.8) is 0 Å². The molecule has 0 amide bonds. The van der Waals surface area contributed by atoms with Crippen LogP contribution < -0.4 is 15.2 Å². The van der Waals surface area contributed by atoms with Crippen LogP contribution in [0.1, 0.15) is 27.2 Å². The summed E-state index contributed by atoms with van der Waals surface area (Å²) in [6.45, 7) is 6.67. The highest BCUT2D eigenvalue weighted by atomic mass is 16.5. The maximum Gasteiger partial charge on any atom is 0.161 e. The molecule has 2 atom stereocenters. The molecule has 0 aliphatic carbocycles. The van der Waals surface area contributed by atoms with Crippen LogP contribution in [0.2, 0.25) is 0 Å². The van der Waals surface area contributed by atoms with Crippen molar-refractivity contribution in [1.82, 2.24) is 0 Å². The molecule has 3 heteroatoms. The fourth-order valence-corrected chi connectivity index (χ4v) is 1.19. The van der Waals surface area contributed by atoms with Gasteiger partial charge in [-0.15, -0.1) is 0 Å². The van der Waals surface area contributed by atoms with Crippen LogP contribution in [0.4, 0.5) is 0 Å². The summed E-state index contributed by atoms with van der Waals surface area (Å²) in [5.74, 6) is 1.55. The average Bonchev–Trinajstić information content (AvgIpc) is 2.27. The molecule has 2 N–H and O–H groups in total. The van der Waals surface area contributed by atoms with Crippen LogP contribution >= 0.6 is 0 Å². The van der Waals surface area contributed by atoms with Gasteiger partial charge in [0, 0.05) is 6.04 Å². The standard InChI is InChI=1S/C13H21NO2/c1-4-9-15-12-7-5-6-8-13(12)16-11(3)10(2)14/h5-8,10-11H,4,9,14H2,1-3H3. The van der Waals surface area contributed by atoms with Gasteiger partial charge in [0.2, 0.25) is 0 Å². The second kappa shape index (κ2) is 6.38. The Morgan fingerprint density at radius 1 is 1.19 bits per heavy atom. The lowest BCUT2D eigenvalue weighted by atomic mass is 10.2. The van der Waals surface area contributed by atoms with Crippen LogP contribution in [0.3, 0.4) is 0 Å². The van der Waals surface area contributed by atoms with Gasteiger partial charge in [-0.25, -0.2) is 0 Å². The van der Waals surface area contributed by atoms with E-state index in [1.807, 2.05) is 38.1 Å². The molecule has 0 aromatic heterocycles. The lowest BCUT2D eigenvalue weighted by Crippen LogP contribution is -2.33. The Bertz CT molecular complexity index is 313. The second-order valence-corrected chi connectivity index (χ2v) is 3.98. The Morgan fingerprint density at radius 2 is 1.81 bits per heavy atom. The lowest BCUT2D eigenvalue weighted by Gasteiger charge is -2.20. The van der Waals surface area contributed by atoms with Gasteiger partial charge >= 0.3 is 0 Å². The molecule has 0 aliphatic heterocycles. The average molecular weight is 223 g/mol. The van der Waals surface area contributed by atoms with Gasteiger partial charge in [0.25, 0.3) is 0 Å². The first-order valence-electron chi connectivity index (χ1n) is 5.79. The van der Waals surface area contributed by atoms with Crippen molar-refractivity contribution in [1.29, 1.82) is 0 Å². The predicted octanol–water partition coefficient (Wildman–Crippen LogP) is 2.59. The van der Waals surface area contributed by atoms with Crippen LogP contribution in [0.15, 0.2) is 24.3 Å². The molecular weight excluding hydrogens is 202 g/mol. The smallest absolute Gasteiger partial charge is 0.161 e. The van der Waals surface area contributed by atoms with E-state index in [4.69, 9.17) is 15.2 Å². The predicted molar refractivity (Wildman–Crippen MR) is 66.0 cm³/mol. The van der Waals surface area contributed by atoms with Crippen LogP contribution in [-0.2, 0) is 0 Å². The first-order valence-corrected chi connectivity index (χ1v) is 5.79. The van der Waals surface area contributed by atoms with Crippen LogP contribution in [0, 0.1) is 0 Å². The van der Waals surface area contributed by atoms with Crippen molar-refractivity contribution >= 4 is 0 Å². The third-order valence-electron chi connectivity index (χ3n) is 2.36. The van der Waals surface area contributed by atoms with Crippen LogP contribution in [-0.4, -0.2) is 18.8 Å². The second-order valence-electron chi connectivity index (χ2n) is 3.98. The van der Waals surface area contributed by atoms with Gasteiger partial charge < -0.3 is 15.2 Å². The minimum Gasteiger partial charge on any atom is -0.490 e. The Hall–Kier alpha value is -1.22. The van der Waals surface area contributed by atoms with E-state index in [2.05, 4.69) is 6.92 Å². The lowest BCUT2D eigenvalue weighted by molar-refractivity contribution is 0.184. The van der Waals surface area contributed by atoms with Gasteiger partial charge in [0.15, 0.2) is 11.5 Å². The van der Waals surface area contributed by atoms with Crippen molar-refractivity contribution in [2.75, 3.05) is 6.61 Å². The maximum atomic E-state index is 5.77. The maximum absolute atomic E-state index is 5.77. The highest BCUT2D eigenvalue weighted by molar-refractivity contribution is 5.39. The SMILES string of the molecule is CCCOc1ccccc1OC(C)C(C)N. The number of ether oxygens (including phenoxy) is 2. The molecule has 90 valence electrons. The molecule has 0 saturated carbocycles. The number of para-hydroxylation sites is 2. The first-order chi connectivity index (χ1) is 7.65. The number of hydrogen-bond donors (Lipinski definition) is 1. The Balaban J connectivity index is 2.70. The van der Waals surface area contributed by atoms with Crippen molar-refractivity contribution in [2.45, 2.75) is 39.3 Å². The molecule has 1 rings (SSSR count). The fourth-order valence-electron chi connectivity index (χ4n) is 1.19. The van der Waals surface area contributed by atoms with Crippen LogP contribution in [0.25, 0.3) is 0 Å². The zero-order valence-corrected chi connectivity index (χ0v) is 10.3. The molecule has 0 aliphatic rings. The van der Waals surface area contributed by atoms with E-state index in [1.165, 1.54) is 0 Å². The Morgan fingerprint density at radius 3 is 2.38 bits per heavy atom. The molecular formula is C13H21NO2. The summed E-state index contributed by atoms with van der Waals surface area (Å²) in [7, 11) is 0. The molecule has 3 nitrogen and oxygen atoms in total. The van der Waals surface area contributed by atoms with E-state index in [0.717, 1.165) is 17.9 Å². The van der Waals surface area contributed by atoms with Gasteiger partial charge in [0.05, 0.1) is 6.61 Å². The fraction of sp³-hybridized carbons (Fsp3) is 0.538. The number of hydrogen-bond acceptors (Lipinski definition) is 3. The Labute approximate surface area is 97.6 Å². The van der Waals surface area contributed by atoms with Crippen molar-refractivity contribution < 1.29 is 9.47 Å². The molecule has 0 fully saturated rings. The summed E-state index contributed by atoms with van der Waals surface area (Å²) in [4.78, 5) is 0. The Kier molecular flexibility index (Phi) is 5.12. The molecule has 0 bridgehead atoms.